The Bertz CT molecular complexity index is 1580. The van der Waals surface area contributed by atoms with E-state index in [1.807, 2.05) is 23.7 Å². The van der Waals surface area contributed by atoms with Crippen LogP contribution in [0.1, 0.15) is 49.3 Å². The first-order valence-electron chi connectivity index (χ1n) is 13.3. The van der Waals surface area contributed by atoms with Crippen molar-refractivity contribution < 1.29 is 13.2 Å². The molecule has 2 N–H and O–H groups in total. The van der Waals surface area contributed by atoms with Gasteiger partial charge in [-0.3, -0.25) is 14.3 Å². The molecule has 8 nitrogen and oxygen atoms in total. The average molecular weight is 540 g/mol. The van der Waals surface area contributed by atoms with Crippen LogP contribution in [0, 0.1) is 5.92 Å². The highest BCUT2D eigenvalue weighted by atomic mass is 19.4. The second kappa shape index (κ2) is 9.34. The third-order valence-corrected chi connectivity index (χ3v) is 8.22. The molecule has 0 amide bonds. The molecule has 0 spiro atoms. The molecule has 1 aliphatic heterocycles. The van der Waals surface area contributed by atoms with E-state index in [1.165, 1.54) is 6.07 Å². The maximum absolute atomic E-state index is 14.3. The van der Waals surface area contributed by atoms with Crippen LogP contribution in [-0.2, 0) is 25.2 Å². The van der Waals surface area contributed by atoms with Crippen LogP contribution in [0.25, 0.3) is 16.6 Å². The largest absolute Gasteiger partial charge is 0.418 e. The molecule has 1 saturated carbocycles. The van der Waals surface area contributed by atoms with Crippen LogP contribution in [0.3, 0.4) is 0 Å². The van der Waals surface area contributed by atoms with Gasteiger partial charge in [-0.1, -0.05) is 19.1 Å². The highest BCUT2D eigenvalue weighted by Crippen LogP contribution is 2.51. The lowest BCUT2D eigenvalue weighted by atomic mass is 9.58. The molecule has 1 atom stereocenters. The number of pyridine rings is 1. The fraction of sp³-hybridized carbons (Fsp3) is 0.464. The van der Waals surface area contributed by atoms with Gasteiger partial charge in [-0.15, -0.1) is 10.2 Å². The van der Waals surface area contributed by atoms with Gasteiger partial charge in [-0.05, 0) is 49.4 Å². The highest BCUT2D eigenvalue weighted by Gasteiger charge is 2.48. The van der Waals surface area contributed by atoms with Gasteiger partial charge < -0.3 is 14.9 Å². The Morgan fingerprint density at radius 3 is 2.64 bits per heavy atom. The van der Waals surface area contributed by atoms with E-state index in [-0.39, 0.29) is 10.9 Å². The summed E-state index contributed by atoms with van der Waals surface area (Å²) in [5.74, 6) is 1.28. The molecule has 39 heavy (non-hydrogen) atoms. The summed E-state index contributed by atoms with van der Waals surface area (Å²) in [4.78, 5) is 18.9. The predicted octanol–water partition coefficient (Wildman–Crippen LogP) is 3.98. The monoisotopic (exact) mass is 539 g/mol. The van der Waals surface area contributed by atoms with Crippen LogP contribution < -0.4 is 10.9 Å². The lowest BCUT2D eigenvalue weighted by Crippen LogP contribution is -2.48. The smallest absolute Gasteiger partial charge is 0.353 e. The minimum atomic E-state index is -4.63. The summed E-state index contributed by atoms with van der Waals surface area (Å²) in [6, 6.07) is 9.02. The Labute approximate surface area is 223 Å². The van der Waals surface area contributed by atoms with E-state index in [4.69, 9.17) is 0 Å². The standard InChI is InChI=1S/C28H32F3N7O/c1-17-11-27(12-17,26-35-33-16-36(26)3)19-5-4-6-21(9-19)38-15-23(28(29,30)31)22-10-20(34-24(22)25(38)39)14-37-8-7-32-18(2)13-37/h4-6,9-10,15-18,32,34H,7-8,11-14H2,1-3H3/t17?,18-,27?/m1/s1. The third kappa shape index (κ3) is 4.47. The molecular formula is C28H32F3N7O. The predicted molar refractivity (Wildman–Crippen MR) is 142 cm³/mol. The van der Waals surface area contributed by atoms with Crippen molar-refractivity contribution in [1.29, 1.82) is 0 Å². The van der Waals surface area contributed by atoms with Crippen LogP contribution in [0.5, 0.6) is 0 Å². The Balaban J connectivity index is 1.45. The van der Waals surface area contributed by atoms with Gasteiger partial charge in [0.1, 0.15) is 17.7 Å². The van der Waals surface area contributed by atoms with Crippen LogP contribution in [0.4, 0.5) is 13.2 Å². The average Bonchev–Trinajstić information content (AvgIpc) is 3.48. The molecule has 2 aliphatic rings. The number of piperazine rings is 1. The molecular weight excluding hydrogens is 507 g/mol. The van der Waals surface area contributed by atoms with E-state index >= 15 is 0 Å². The van der Waals surface area contributed by atoms with Gasteiger partial charge in [0.15, 0.2) is 0 Å². The maximum atomic E-state index is 14.3. The van der Waals surface area contributed by atoms with Gasteiger partial charge >= 0.3 is 6.18 Å². The molecule has 1 saturated heterocycles. The van der Waals surface area contributed by atoms with E-state index in [0.717, 1.165) is 54.6 Å². The lowest BCUT2D eigenvalue weighted by Gasteiger charge is -2.46. The number of nitrogens with zero attached hydrogens (tertiary/aromatic N) is 5. The van der Waals surface area contributed by atoms with Crippen molar-refractivity contribution in [3.63, 3.8) is 0 Å². The third-order valence-electron chi connectivity index (χ3n) is 8.22. The van der Waals surface area contributed by atoms with E-state index in [2.05, 4.69) is 39.2 Å². The summed E-state index contributed by atoms with van der Waals surface area (Å²) in [5.41, 5.74) is 0.115. The molecule has 6 rings (SSSR count). The molecule has 0 radical (unpaired) electrons. The zero-order valence-corrected chi connectivity index (χ0v) is 22.2. The van der Waals surface area contributed by atoms with Crippen molar-refractivity contribution in [3.8, 4) is 5.69 Å². The molecule has 4 heterocycles. The molecule has 0 bridgehead atoms. The molecule has 206 valence electrons. The Hall–Kier alpha value is -3.44. The molecule has 4 aromatic rings. The van der Waals surface area contributed by atoms with Crippen molar-refractivity contribution in [2.45, 2.75) is 50.9 Å². The van der Waals surface area contributed by atoms with E-state index in [9.17, 15) is 18.0 Å². The van der Waals surface area contributed by atoms with Crippen LogP contribution in [0.2, 0.25) is 0 Å². The van der Waals surface area contributed by atoms with Crippen molar-refractivity contribution in [3.05, 3.63) is 75.9 Å². The summed E-state index contributed by atoms with van der Waals surface area (Å²) in [5, 5.41) is 11.7. The van der Waals surface area contributed by atoms with Crippen molar-refractivity contribution in [2.24, 2.45) is 13.0 Å². The van der Waals surface area contributed by atoms with Gasteiger partial charge in [0, 0.05) is 62.2 Å². The highest BCUT2D eigenvalue weighted by molar-refractivity contribution is 5.84. The minimum absolute atomic E-state index is 0.0336. The van der Waals surface area contributed by atoms with Gasteiger partial charge in [0.2, 0.25) is 0 Å². The summed E-state index contributed by atoms with van der Waals surface area (Å²) in [6.45, 7) is 7.07. The fourth-order valence-electron chi connectivity index (χ4n) is 6.52. The van der Waals surface area contributed by atoms with Crippen molar-refractivity contribution in [1.82, 2.24) is 34.5 Å². The number of aryl methyl sites for hydroxylation is 1. The summed E-state index contributed by atoms with van der Waals surface area (Å²) in [6.07, 6.45) is -0.350. The van der Waals surface area contributed by atoms with Crippen LogP contribution in [-0.4, -0.2) is 54.9 Å². The summed E-state index contributed by atoms with van der Waals surface area (Å²) >= 11 is 0. The first-order chi connectivity index (χ1) is 18.5. The normalized spacial score (nSPS) is 24.3. The van der Waals surface area contributed by atoms with Crippen LogP contribution >= 0.6 is 0 Å². The van der Waals surface area contributed by atoms with Crippen molar-refractivity contribution in [2.75, 3.05) is 19.6 Å². The molecule has 11 heteroatoms. The molecule has 1 aromatic carbocycles. The minimum Gasteiger partial charge on any atom is -0.353 e. The molecule has 3 aromatic heterocycles. The van der Waals surface area contributed by atoms with Gasteiger partial charge in [0.25, 0.3) is 5.56 Å². The first kappa shape index (κ1) is 25.8. The fourth-order valence-corrected chi connectivity index (χ4v) is 6.52. The summed E-state index contributed by atoms with van der Waals surface area (Å²) < 4.78 is 45.9. The number of aromatic nitrogens is 5. The Kier molecular flexibility index (Phi) is 6.18. The number of aromatic amines is 1. The maximum Gasteiger partial charge on any atom is 0.418 e. The first-order valence-corrected chi connectivity index (χ1v) is 13.3. The second-order valence-electron chi connectivity index (χ2n) is 11.3. The second-order valence-corrected chi connectivity index (χ2v) is 11.3. The van der Waals surface area contributed by atoms with Gasteiger partial charge in [0.05, 0.1) is 11.0 Å². The quantitative estimate of drug-likeness (QED) is 0.401. The number of rotatable bonds is 5. The number of fused-ring (bicyclic) bond motifs is 1. The number of hydrogen-bond donors (Lipinski definition) is 2. The number of nitrogens with one attached hydrogen (secondary N) is 2. The number of halogens is 3. The zero-order chi connectivity index (χ0) is 27.5. The van der Waals surface area contributed by atoms with Gasteiger partial charge in [-0.2, -0.15) is 13.2 Å². The number of benzene rings is 1. The zero-order valence-electron chi connectivity index (χ0n) is 22.2. The SMILES string of the molecule is CC1CC(c2cccc(-n3cc(C(F)(F)F)c4cc(CN5CCN[C@H](C)C5)[nH]c4c3=O)c2)(c2nncn2C)C1. The van der Waals surface area contributed by atoms with E-state index in [0.29, 0.717) is 29.9 Å². The van der Waals surface area contributed by atoms with Crippen LogP contribution in [0.15, 0.2) is 47.7 Å². The molecule has 0 unspecified atom stereocenters. The number of hydrogen-bond acceptors (Lipinski definition) is 5. The van der Waals surface area contributed by atoms with E-state index < -0.39 is 22.7 Å². The molecule has 1 aliphatic carbocycles. The number of H-pyrrole nitrogens is 1. The number of alkyl halides is 3. The topological polar surface area (TPSA) is 83.8 Å². The Morgan fingerprint density at radius 2 is 1.97 bits per heavy atom. The van der Waals surface area contributed by atoms with E-state index in [1.54, 1.807) is 18.5 Å². The summed E-state index contributed by atoms with van der Waals surface area (Å²) in [7, 11) is 1.89. The molecule has 2 fully saturated rings. The van der Waals surface area contributed by atoms with Gasteiger partial charge in [-0.25, -0.2) is 0 Å². The van der Waals surface area contributed by atoms with Crippen molar-refractivity contribution >= 4 is 10.9 Å². The lowest BCUT2D eigenvalue weighted by molar-refractivity contribution is -0.136. The Morgan fingerprint density at radius 1 is 1.18 bits per heavy atom.